The number of rotatable bonds is 5. The van der Waals surface area contributed by atoms with Crippen molar-refractivity contribution in [1.29, 1.82) is 0 Å². The van der Waals surface area contributed by atoms with Crippen LogP contribution in [0.3, 0.4) is 0 Å². The maximum Gasteiger partial charge on any atom is 0.0348 e. The summed E-state index contributed by atoms with van der Waals surface area (Å²) in [5.74, 6) is 0. The van der Waals surface area contributed by atoms with Crippen LogP contribution in [0.1, 0.15) is 31.7 Å². The van der Waals surface area contributed by atoms with Crippen LogP contribution in [-0.4, -0.2) is 24.5 Å². The van der Waals surface area contributed by atoms with E-state index in [4.69, 9.17) is 0 Å². The summed E-state index contributed by atoms with van der Waals surface area (Å²) in [6.07, 6.45) is 4.89. The molecule has 0 saturated carbocycles. The minimum absolute atomic E-state index is 0.991. The second kappa shape index (κ2) is 6.48. The van der Waals surface area contributed by atoms with Crippen LogP contribution < -0.4 is 5.32 Å². The lowest BCUT2D eigenvalue weighted by atomic mass is 10.1. The lowest BCUT2D eigenvalue weighted by molar-refractivity contribution is 0.301. The number of piperidine rings is 1. The number of hydrogen-bond donors (Lipinski definition) is 1. The maximum absolute atomic E-state index is 4.14. The summed E-state index contributed by atoms with van der Waals surface area (Å²) < 4.78 is 0. The average Bonchev–Trinajstić information content (AvgIpc) is 2.42. The van der Waals surface area contributed by atoms with Gasteiger partial charge in [-0.25, -0.2) is 0 Å². The Morgan fingerprint density at radius 1 is 1.22 bits per heavy atom. The maximum atomic E-state index is 4.14. The second-order valence-electron chi connectivity index (χ2n) is 4.99. The molecule has 98 valence electrons. The molecule has 1 fully saturated rings. The van der Waals surface area contributed by atoms with Crippen molar-refractivity contribution in [1.82, 2.24) is 4.90 Å². The SMILES string of the molecule is C=C1CCCCN1CCNc1ccc(CC)cc1. The highest BCUT2D eigenvalue weighted by atomic mass is 15.2. The van der Waals surface area contributed by atoms with Gasteiger partial charge in [0.2, 0.25) is 0 Å². The fourth-order valence-corrected chi connectivity index (χ4v) is 2.41. The van der Waals surface area contributed by atoms with Gasteiger partial charge in [-0.1, -0.05) is 25.6 Å². The van der Waals surface area contributed by atoms with Gasteiger partial charge in [-0.3, -0.25) is 0 Å². The summed E-state index contributed by atoms with van der Waals surface area (Å²) >= 11 is 0. The van der Waals surface area contributed by atoms with Crippen molar-refractivity contribution in [3.63, 3.8) is 0 Å². The monoisotopic (exact) mass is 244 g/mol. The summed E-state index contributed by atoms with van der Waals surface area (Å²) in [5.41, 5.74) is 3.92. The Morgan fingerprint density at radius 3 is 2.67 bits per heavy atom. The van der Waals surface area contributed by atoms with E-state index in [0.717, 1.165) is 19.5 Å². The van der Waals surface area contributed by atoms with Crippen LogP contribution in [0.25, 0.3) is 0 Å². The molecule has 0 radical (unpaired) electrons. The molecule has 0 amide bonds. The first kappa shape index (κ1) is 13.0. The second-order valence-corrected chi connectivity index (χ2v) is 4.99. The quantitative estimate of drug-likeness (QED) is 0.850. The topological polar surface area (TPSA) is 15.3 Å². The average molecular weight is 244 g/mol. The van der Waals surface area contributed by atoms with E-state index < -0.39 is 0 Å². The number of benzene rings is 1. The van der Waals surface area contributed by atoms with Gasteiger partial charge in [0.05, 0.1) is 0 Å². The van der Waals surface area contributed by atoms with Crippen LogP contribution in [0.4, 0.5) is 5.69 Å². The largest absolute Gasteiger partial charge is 0.383 e. The van der Waals surface area contributed by atoms with Gasteiger partial charge < -0.3 is 10.2 Å². The molecule has 18 heavy (non-hydrogen) atoms. The van der Waals surface area contributed by atoms with Crippen molar-refractivity contribution in [2.24, 2.45) is 0 Å². The normalized spacial score (nSPS) is 15.8. The predicted molar refractivity (Wildman–Crippen MR) is 78.9 cm³/mol. The highest BCUT2D eigenvalue weighted by Crippen LogP contribution is 2.18. The first-order chi connectivity index (χ1) is 8.79. The molecule has 0 unspecified atom stereocenters. The van der Waals surface area contributed by atoms with Crippen LogP contribution in [0.5, 0.6) is 0 Å². The summed E-state index contributed by atoms with van der Waals surface area (Å²) in [7, 11) is 0. The molecule has 1 aliphatic heterocycles. The van der Waals surface area contributed by atoms with Crippen LogP contribution in [-0.2, 0) is 6.42 Å². The number of likely N-dealkylation sites (tertiary alicyclic amines) is 1. The van der Waals surface area contributed by atoms with Crippen LogP contribution in [0, 0.1) is 0 Å². The third-order valence-electron chi connectivity index (χ3n) is 3.66. The Morgan fingerprint density at radius 2 is 2.00 bits per heavy atom. The molecule has 1 heterocycles. The summed E-state index contributed by atoms with van der Waals surface area (Å²) in [5, 5.41) is 3.48. The van der Waals surface area contributed by atoms with Gasteiger partial charge in [0.25, 0.3) is 0 Å². The van der Waals surface area contributed by atoms with Crippen molar-refractivity contribution in [3.8, 4) is 0 Å². The molecule has 0 aromatic heterocycles. The zero-order valence-electron chi connectivity index (χ0n) is 11.4. The molecule has 2 rings (SSSR count). The molecular formula is C16H24N2. The molecule has 1 aromatic carbocycles. The lowest BCUT2D eigenvalue weighted by Gasteiger charge is -2.31. The molecule has 2 nitrogen and oxygen atoms in total. The van der Waals surface area contributed by atoms with Gasteiger partial charge in [-0.15, -0.1) is 0 Å². The zero-order valence-corrected chi connectivity index (χ0v) is 11.4. The molecule has 1 aliphatic rings. The smallest absolute Gasteiger partial charge is 0.0348 e. The minimum atomic E-state index is 0.991. The van der Waals surface area contributed by atoms with E-state index in [2.05, 4.69) is 48.0 Å². The van der Waals surface area contributed by atoms with Gasteiger partial charge in [0.15, 0.2) is 0 Å². The molecule has 0 spiro atoms. The molecule has 0 atom stereocenters. The molecule has 1 aromatic rings. The van der Waals surface area contributed by atoms with Crippen molar-refractivity contribution < 1.29 is 0 Å². The molecule has 0 aliphatic carbocycles. The first-order valence-electron chi connectivity index (χ1n) is 7.05. The number of hydrogen-bond acceptors (Lipinski definition) is 2. The van der Waals surface area contributed by atoms with Crippen molar-refractivity contribution in [2.45, 2.75) is 32.6 Å². The van der Waals surface area contributed by atoms with Crippen molar-refractivity contribution >= 4 is 5.69 Å². The number of allylic oxidation sites excluding steroid dienone is 1. The number of aryl methyl sites for hydroxylation is 1. The van der Waals surface area contributed by atoms with E-state index in [1.165, 1.54) is 42.8 Å². The van der Waals surface area contributed by atoms with E-state index in [-0.39, 0.29) is 0 Å². The number of nitrogens with zero attached hydrogens (tertiary/aromatic N) is 1. The Hall–Kier alpha value is -1.44. The predicted octanol–water partition coefficient (Wildman–Crippen LogP) is 3.66. The first-order valence-corrected chi connectivity index (χ1v) is 7.05. The third-order valence-corrected chi connectivity index (χ3v) is 3.66. The minimum Gasteiger partial charge on any atom is -0.383 e. The van der Waals surface area contributed by atoms with Crippen LogP contribution >= 0.6 is 0 Å². The summed E-state index contributed by atoms with van der Waals surface area (Å²) in [6, 6.07) is 8.73. The molecular weight excluding hydrogens is 220 g/mol. The lowest BCUT2D eigenvalue weighted by Crippen LogP contribution is -2.31. The Kier molecular flexibility index (Phi) is 4.68. The van der Waals surface area contributed by atoms with Gasteiger partial charge in [0, 0.05) is 31.0 Å². The highest BCUT2D eigenvalue weighted by molar-refractivity contribution is 5.44. The fraction of sp³-hybridized carbons (Fsp3) is 0.500. The third kappa shape index (κ3) is 3.52. The van der Waals surface area contributed by atoms with Gasteiger partial charge in [-0.05, 0) is 43.4 Å². The molecule has 1 saturated heterocycles. The van der Waals surface area contributed by atoms with Gasteiger partial charge >= 0.3 is 0 Å². The molecule has 1 N–H and O–H groups in total. The van der Waals surface area contributed by atoms with E-state index in [1.54, 1.807) is 0 Å². The standard InChI is InChI=1S/C16H24N2/c1-3-15-7-9-16(10-8-15)17-11-13-18-12-5-4-6-14(18)2/h7-10,17H,2-6,11-13H2,1H3. The van der Waals surface area contributed by atoms with Crippen LogP contribution in [0.15, 0.2) is 36.5 Å². The van der Waals surface area contributed by atoms with E-state index in [1.807, 2.05) is 0 Å². The Bertz CT molecular complexity index is 381. The summed E-state index contributed by atoms with van der Waals surface area (Å²) in [6.45, 7) is 9.56. The van der Waals surface area contributed by atoms with E-state index in [0.29, 0.717) is 0 Å². The van der Waals surface area contributed by atoms with Crippen molar-refractivity contribution in [2.75, 3.05) is 25.0 Å². The highest BCUT2D eigenvalue weighted by Gasteiger charge is 2.11. The van der Waals surface area contributed by atoms with Gasteiger partial charge in [0.1, 0.15) is 0 Å². The molecule has 0 bridgehead atoms. The van der Waals surface area contributed by atoms with Gasteiger partial charge in [-0.2, -0.15) is 0 Å². The molecule has 2 heteroatoms. The van der Waals surface area contributed by atoms with E-state index >= 15 is 0 Å². The zero-order chi connectivity index (χ0) is 12.8. The Balaban J connectivity index is 1.75. The Labute approximate surface area is 111 Å². The summed E-state index contributed by atoms with van der Waals surface area (Å²) in [4.78, 5) is 2.41. The van der Waals surface area contributed by atoms with E-state index in [9.17, 15) is 0 Å². The number of anilines is 1. The van der Waals surface area contributed by atoms with Crippen LogP contribution in [0.2, 0.25) is 0 Å². The number of nitrogens with one attached hydrogen (secondary N) is 1. The van der Waals surface area contributed by atoms with Crippen molar-refractivity contribution in [3.05, 3.63) is 42.1 Å². The fourth-order valence-electron chi connectivity index (χ4n) is 2.41.